The molecule has 2 bridgehead atoms. The lowest BCUT2D eigenvalue weighted by Crippen LogP contribution is -2.68. The van der Waals surface area contributed by atoms with Crippen LogP contribution in [0, 0.1) is 28.6 Å². The van der Waals surface area contributed by atoms with Crippen LogP contribution < -0.4 is 10.2 Å². The van der Waals surface area contributed by atoms with Gasteiger partial charge in [-0.1, -0.05) is 11.8 Å². The minimum Gasteiger partial charge on any atom is -0.393 e. The first-order valence-corrected chi connectivity index (χ1v) is 12.8. The van der Waals surface area contributed by atoms with Crippen molar-refractivity contribution in [3.05, 3.63) is 84.2 Å². The molecule has 2 unspecified atom stereocenters. The first-order valence-electron chi connectivity index (χ1n) is 12.8. The van der Waals surface area contributed by atoms with Gasteiger partial charge in [-0.05, 0) is 36.8 Å². The molecule has 3 aliphatic heterocycles. The minimum atomic E-state index is 0.483. The fourth-order valence-electron chi connectivity index (χ4n) is 5.48. The third-order valence-electron chi connectivity index (χ3n) is 7.42. The van der Waals surface area contributed by atoms with E-state index in [-0.39, 0.29) is 0 Å². The van der Waals surface area contributed by atoms with Crippen molar-refractivity contribution in [3.8, 4) is 29.0 Å². The summed E-state index contributed by atoms with van der Waals surface area (Å²) in [7, 11) is 1.80. The van der Waals surface area contributed by atoms with Crippen molar-refractivity contribution < 1.29 is 0 Å². The molecule has 7 rings (SSSR count). The number of anilines is 1. The molecular formula is C30H27N9. The maximum atomic E-state index is 9.68. The molecule has 4 aromatic heterocycles. The number of hydrogen-bond acceptors (Lipinski definition) is 8. The van der Waals surface area contributed by atoms with Gasteiger partial charge in [-0.2, -0.15) is 10.4 Å². The predicted octanol–water partition coefficient (Wildman–Crippen LogP) is 3.19. The number of nitrogens with one attached hydrogen (secondary N) is 2. The molecule has 39 heavy (non-hydrogen) atoms. The maximum Gasteiger partial charge on any atom is 0.128 e. The molecule has 9 heteroatoms. The molecule has 4 aromatic rings. The lowest BCUT2D eigenvalue weighted by atomic mass is 9.87. The molecule has 3 aliphatic rings. The standard InChI is InChI=1S/C30H27N9/c1-33-15-24(13-31)23-11-28(30-25(14-32)17-36-39(30)18-23)22-4-5-29(35-16-22)37-19-26-12-27(20-37)38(26)10-2-3-21-6-8-34-9-7-21/h4-9,11,13,15-18,26-27,31,33H,10,12,19-20H2,1H3/b24-15+,31-13?. The number of nitrogens with zero attached hydrogens (tertiary/aromatic N) is 7. The number of hydrogen-bond donors (Lipinski definition) is 2. The van der Waals surface area contributed by atoms with E-state index in [1.54, 1.807) is 36.4 Å². The first kappa shape index (κ1) is 24.4. The summed E-state index contributed by atoms with van der Waals surface area (Å²) in [4.78, 5) is 13.7. The summed E-state index contributed by atoms with van der Waals surface area (Å²) in [5.74, 6) is 7.51. The second-order valence-corrected chi connectivity index (χ2v) is 9.70. The fraction of sp³-hybridized carbons (Fsp3) is 0.233. The number of pyridine rings is 3. The second-order valence-electron chi connectivity index (χ2n) is 9.70. The fourth-order valence-corrected chi connectivity index (χ4v) is 5.48. The van der Waals surface area contributed by atoms with Gasteiger partial charge < -0.3 is 15.6 Å². The Kier molecular flexibility index (Phi) is 6.50. The molecule has 0 amide bonds. The van der Waals surface area contributed by atoms with E-state index in [9.17, 15) is 5.26 Å². The quantitative estimate of drug-likeness (QED) is 0.301. The highest BCUT2D eigenvalue weighted by Crippen LogP contribution is 2.35. The zero-order valence-electron chi connectivity index (χ0n) is 21.5. The zero-order valence-corrected chi connectivity index (χ0v) is 21.5. The Morgan fingerprint density at radius 2 is 2.00 bits per heavy atom. The van der Waals surface area contributed by atoms with Crippen LogP contribution in [0.25, 0.3) is 22.2 Å². The number of allylic oxidation sites excluding steroid dienone is 1. The summed E-state index contributed by atoms with van der Waals surface area (Å²) in [6.07, 6.45) is 13.1. The van der Waals surface area contributed by atoms with Crippen molar-refractivity contribution in [1.82, 2.24) is 29.8 Å². The highest BCUT2D eigenvalue weighted by Gasteiger charge is 2.44. The van der Waals surface area contributed by atoms with E-state index in [1.807, 2.05) is 30.6 Å². The number of rotatable bonds is 6. The van der Waals surface area contributed by atoms with Crippen LogP contribution >= 0.6 is 0 Å². The first-order chi connectivity index (χ1) is 19.2. The number of piperidine rings is 1. The van der Waals surface area contributed by atoms with Crippen LogP contribution in [0.2, 0.25) is 0 Å². The van der Waals surface area contributed by atoms with Gasteiger partial charge in [-0.15, -0.1) is 0 Å². The molecule has 0 spiro atoms. The lowest BCUT2D eigenvalue weighted by Gasteiger charge is -2.56. The molecule has 9 nitrogen and oxygen atoms in total. The largest absolute Gasteiger partial charge is 0.393 e. The topological polar surface area (TPSA) is 109 Å². The number of piperazine rings is 1. The van der Waals surface area contributed by atoms with Gasteiger partial charge in [-0.3, -0.25) is 9.88 Å². The van der Waals surface area contributed by atoms with Crippen LogP contribution in [0.15, 0.2) is 67.5 Å². The average molecular weight is 514 g/mol. The Balaban J connectivity index is 1.22. The molecule has 0 radical (unpaired) electrons. The summed E-state index contributed by atoms with van der Waals surface area (Å²) >= 11 is 0. The van der Waals surface area contributed by atoms with Crippen molar-refractivity contribution in [2.24, 2.45) is 0 Å². The Hall–Kier alpha value is -4.99. The molecule has 0 aromatic carbocycles. The molecule has 2 N–H and O–H groups in total. The van der Waals surface area contributed by atoms with E-state index in [1.165, 1.54) is 12.6 Å². The molecule has 3 fully saturated rings. The molecular weight excluding hydrogens is 486 g/mol. The summed E-state index contributed by atoms with van der Waals surface area (Å²) in [5.41, 5.74) is 5.50. The molecule has 192 valence electrons. The Labute approximate surface area is 226 Å². The monoisotopic (exact) mass is 513 g/mol. The number of aromatic nitrogens is 4. The summed E-state index contributed by atoms with van der Waals surface area (Å²) in [6, 6.07) is 13.2. The third kappa shape index (κ3) is 4.61. The Bertz CT molecular complexity index is 1640. The molecule has 3 saturated heterocycles. The third-order valence-corrected chi connectivity index (χ3v) is 7.42. The van der Waals surface area contributed by atoms with Crippen LogP contribution in [-0.4, -0.2) is 69.5 Å². The minimum absolute atomic E-state index is 0.483. The second kappa shape index (κ2) is 10.4. The van der Waals surface area contributed by atoms with E-state index in [0.717, 1.165) is 53.2 Å². The highest BCUT2D eigenvalue weighted by molar-refractivity contribution is 6.08. The van der Waals surface area contributed by atoms with Gasteiger partial charge in [0.1, 0.15) is 11.9 Å². The van der Waals surface area contributed by atoms with E-state index in [0.29, 0.717) is 23.2 Å². The molecule has 2 atom stereocenters. The average Bonchev–Trinajstić information content (AvgIpc) is 3.41. The van der Waals surface area contributed by atoms with Crippen LogP contribution in [0.4, 0.5) is 5.82 Å². The van der Waals surface area contributed by atoms with Crippen molar-refractivity contribution >= 4 is 23.1 Å². The van der Waals surface area contributed by atoms with Gasteiger partial charge in [-0.25, -0.2) is 9.50 Å². The van der Waals surface area contributed by atoms with Crippen LogP contribution in [0.3, 0.4) is 0 Å². The van der Waals surface area contributed by atoms with Gasteiger partial charge >= 0.3 is 0 Å². The molecule has 7 heterocycles. The van der Waals surface area contributed by atoms with Gasteiger partial charge in [0.05, 0.1) is 23.8 Å². The van der Waals surface area contributed by atoms with E-state index < -0.39 is 0 Å². The number of nitriles is 1. The highest BCUT2D eigenvalue weighted by atomic mass is 15.4. The summed E-state index contributed by atoms with van der Waals surface area (Å²) < 4.78 is 1.70. The Morgan fingerprint density at radius 3 is 2.69 bits per heavy atom. The van der Waals surface area contributed by atoms with E-state index in [4.69, 9.17) is 10.4 Å². The summed E-state index contributed by atoms with van der Waals surface area (Å²) in [6.45, 7) is 2.63. The van der Waals surface area contributed by atoms with Gasteiger partial charge in [0.2, 0.25) is 0 Å². The normalized spacial score (nSPS) is 18.6. The van der Waals surface area contributed by atoms with Gasteiger partial charge in [0, 0.05) is 97.2 Å². The van der Waals surface area contributed by atoms with Crippen molar-refractivity contribution in [3.63, 3.8) is 0 Å². The number of fused-ring (bicyclic) bond motifs is 3. The predicted molar refractivity (Wildman–Crippen MR) is 151 cm³/mol. The SMILES string of the molecule is CN/C=C(\C=N)c1cc(-c2ccc(N3CC4CC(C3)N4CC#Cc3ccncc3)nc2)c2c(C#N)cnn2c1. The zero-order chi connectivity index (χ0) is 26.8. The van der Waals surface area contributed by atoms with E-state index in [2.05, 4.69) is 55.2 Å². The van der Waals surface area contributed by atoms with Crippen molar-refractivity contribution in [1.29, 1.82) is 10.7 Å². The lowest BCUT2D eigenvalue weighted by molar-refractivity contribution is 0.0125. The van der Waals surface area contributed by atoms with Crippen LogP contribution in [0.1, 0.15) is 23.1 Å². The van der Waals surface area contributed by atoms with Gasteiger partial charge in [0.25, 0.3) is 0 Å². The van der Waals surface area contributed by atoms with Crippen LogP contribution in [-0.2, 0) is 0 Å². The van der Waals surface area contributed by atoms with Gasteiger partial charge in [0.15, 0.2) is 0 Å². The van der Waals surface area contributed by atoms with Crippen LogP contribution in [0.5, 0.6) is 0 Å². The van der Waals surface area contributed by atoms with Crippen molar-refractivity contribution in [2.45, 2.75) is 18.5 Å². The van der Waals surface area contributed by atoms with Crippen molar-refractivity contribution in [2.75, 3.05) is 31.6 Å². The molecule has 0 saturated carbocycles. The van der Waals surface area contributed by atoms with E-state index >= 15 is 0 Å². The summed E-state index contributed by atoms with van der Waals surface area (Å²) in [5, 5.41) is 24.9. The maximum absolute atomic E-state index is 9.68. The molecule has 0 aliphatic carbocycles. The smallest absolute Gasteiger partial charge is 0.128 e. The Morgan fingerprint density at radius 1 is 1.18 bits per heavy atom.